The van der Waals surface area contributed by atoms with Gasteiger partial charge in [-0.15, -0.1) is 35.7 Å². The molecule has 0 amide bonds. The molecule has 0 saturated heterocycles. The van der Waals surface area contributed by atoms with Crippen LogP contribution in [-0.2, 0) is 27.5 Å². The van der Waals surface area contributed by atoms with Crippen molar-refractivity contribution in [1.29, 1.82) is 0 Å². The van der Waals surface area contributed by atoms with Crippen molar-refractivity contribution < 1.29 is 25.8 Å². The molecule has 3 heterocycles. The Morgan fingerprint density at radius 2 is 1.57 bits per heavy atom. The summed E-state index contributed by atoms with van der Waals surface area (Å²) in [6, 6.07) is 38.8. The van der Waals surface area contributed by atoms with Crippen molar-refractivity contribution in [2.75, 3.05) is 0 Å². The maximum absolute atomic E-state index is 6.50. The topological polar surface area (TPSA) is 44.9 Å². The number of aromatic nitrogens is 4. The Labute approximate surface area is 317 Å². The Morgan fingerprint density at radius 3 is 2.31 bits per heavy atom. The summed E-state index contributed by atoms with van der Waals surface area (Å²) in [7, 11) is 0. The van der Waals surface area contributed by atoms with Crippen molar-refractivity contribution in [3.05, 3.63) is 132 Å². The SMILES string of the molecule is Cc1nn(-c2[c-]c(Oc3[c-]c4c(cc3)c3cc(C(C)C(C)C)ccc3n4-c3cc(CCC(C)(C)C)ccn3)ccc2)c(C)c1-c1ccccc1.[Pt+2]. The number of hydrogen-bond donors (Lipinski definition) is 0. The van der Waals surface area contributed by atoms with Crippen molar-refractivity contribution in [2.24, 2.45) is 11.3 Å². The molecule has 4 aromatic carbocycles. The van der Waals surface area contributed by atoms with Gasteiger partial charge in [0.15, 0.2) is 0 Å². The van der Waals surface area contributed by atoms with E-state index in [1.54, 1.807) is 0 Å². The first-order valence-corrected chi connectivity index (χ1v) is 17.7. The molecule has 0 aliphatic carbocycles. The van der Waals surface area contributed by atoms with E-state index in [9.17, 15) is 0 Å². The average Bonchev–Trinajstić information content (AvgIpc) is 3.59. The number of aryl methyl sites for hydroxylation is 2. The van der Waals surface area contributed by atoms with Crippen LogP contribution in [0.1, 0.15) is 76.4 Å². The van der Waals surface area contributed by atoms with Crippen molar-refractivity contribution in [1.82, 2.24) is 19.3 Å². The summed E-state index contributed by atoms with van der Waals surface area (Å²) in [6.45, 7) is 17.9. The first kappa shape index (κ1) is 36.3. The second-order valence-electron chi connectivity index (χ2n) is 15.1. The third kappa shape index (κ3) is 7.46. The van der Waals surface area contributed by atoms with Crippen LogP contribution in [0.25, 0.3) is 44.4 Å². The van der Waals surface area contributed by atoms with Crippen LogP contribution in [0.3, 0.4) is 0 Å². The predicted molar refractivity (Wildman–Crippen MR) is 206 cm³/mol. The van der Waals surface area contributed by atoms with Gasteiger partial charge in [-0.1, -0.05) is 89.5 Å². The van der Waals surface area contributed by atoms with Crippen LogP contribution in [0.2, 0.25) is 0 Å². The molecule has 1 atom stereocenters. The molecule has 7 aromatic rings. The van der Waals surface area contributed by atoms with E-state index >= 15 is 0 Å². The van der Waals surface area contributed by atoms with Gasteiger partial charge in [0.05, 0.1) is 5.69 Å². The normalized spacial score (nSPS) is 12.4. The first-order valence-electron chi connectivity index (χ1n) is 17.7. The number of ether oxygens (including phenoxy) is 1. The summed E-state index contributed by atoms with van der Waals surface area (Å²) in [5.74, 6) is 3.09. The standard InChI is InChI=1S/C45H46N4O.Pt/c1-29(2)30(3)35-17-20-41-40(26-35)39-19-18-38(28-42(39)48(41)43-25-33(22-24-46-43)21-23-45(6,7)8)50-37-16-12-15-36(27-37)49-32(5)44(31(4)47-49)34-13-10-9-11-14-34;/h9-20,22,24-26,29-30H,21,23H2,1-8H3;/q-2;+2. The monoisotopic (exact) mass is 853 g/mol. The Morgan fingerprint density at radius 1 is 0.804 bits per heavy atom. The predicted octanol–water partition coefficient (Wildman–Crippen LogP) is 11.8. The zero-order chi connectivity index (χ0) is 35.2. The molecule has 0 N–H and O–H groups in total. The number of fused-ring (bicyclic) bond motifs is 3. The van der Waals surface area contributed by atoms with Gasteiger partial charge in [-0.25, -0.2) is 4.98 Å². The van der Waals surface area contributed by atoms with Crippen LogP contribution < -0.4 is 4.74 Å². The van der Waals surface area contributed by atoms with E-state index in [1.165, 1.54) is 16.5 Å². The molecule has 7 rings (SSSR count). The molecule has 3 aromatic heterocycles. The van der Waals surface area contributed by atoms with E-state index in [4.69, 9.17) is 14.8 Å². The number of hydrogen-bond acceptors (Lipinski definition) is 3. The molecule has 0 aliphatic heterocycles. The minimum absolute atomic E-state index is 0. The van der Waals surface area contributed by atoms with Gasteiger partial charge in [0.2, 0.25) is 0 Å². The van der Waals surface area contributed by atoms with Crippen LogP contribution in [0.4, 0.5) is 0 Å². The molecule has 5 nitrogen and oxygen atoms in total. The fraction of sp³-hybridized carbons (Fsp3) is 0.289. The van der Waals surface area contributed by atoms with Gasteiger partial charge in [0.25, 0.3) is 0 Å². The summed E-state index contributed by atoms with van der Waals surface area (Å²) < 4.78 is 10.7. The van der Waals surface area contributed by atoms with Crippen LogP contribution in [0, 0.1) is 37.3 Å². The molecular formula is C45H46N4OPt. The zero-order valence-corrected chi connectivity index (χ0v) is 33.1. The van der Waals surface area contributed by atoms with E-state index in [1.807, 2.05) is 41.2 Å². The minimum Gasteiger partial charge on any atom is -0.509 e. The van der Waals surface area contributed by atoms with Crippen molar-refractivity contribution in [3.8, 4) is 34.1 Å². The summed E-state index contributed by atoms with van der Waals surface area (Å²) in [4.78, 5) is 4.90. The molecular weight excluding hydrogens is 808 g/mol. The van der Waals surface area contributed by atoms with E-state index in [0.717, 1.165) is 63.3 Å². The van der Waals surface area contributed by atoms with E-state index in [2.05, 4.69) is 133 Å². The second kappa shape index (κ2) is 14.6. The molecule has 0 aliphatic rings. The maximum Gasteiger partial charge on any atom is 2.00 e. The average molecular weight is 854 g/mol. The van der Waals surface area contributed by atoms with E-state index in [-0.39, 0.29) is 26.5 Å². The van der Waals surface area contributed by atoms with Crippen molar-refractivity contribution in [2.45, 2.75) is 74.1 Å². The maximum atomic E-state index is 6.50. The Kier molecular flexibility index (Phi) is 10.4. The van der Waals surface area contributed by atoms with Crippen LogP contribution in [0.15, 0.2) is 97.2 Å². The van der Waals surface area contributed by atoms with Gasteiger partial charge < -0.3 is 9.30 Å². The summed E-state index contributed by atoms with van der Waals surface area (Å²) in [5, 5.41) is 7.21. The molecule has 0 bridgehead atoms. The molecule has 51 heavy (non-hydrogen) atoms. The summed E-state index contributed by atoms with van der Waals surface area (Å²) in [5.41, 5.74) is 10.1. The van der Waals surface area contributed by atoms with Crippen LogP contribution >= 0.6 is 0 Å². The van der Waals surface area contributed by atoms with E-state index in [0.29, 0.717) is 23.3 Å². The largest absolute Gasteiger partial charge is 2.00 e. The Hall–Kier alpha value is -4.47. The second-order valence-corrected chi connectivity index (χ2v) is 15.1. The number of pyridine rings is 1. The molecule has 262 valence electrons. The first-order chi connectivity index (χ1) is 24.0. The Balaban J connectivity index is 0.00000448. The number of nitrogens with zero attached hydrogens (tertiary/aromatic N) is 4. The van der Waals surface area contributed by atoms with Gasteiger partial charge >= 0.3 is 21.1 Å². The van der Waals surface area contributed by atoms with Gasteiger partial charge in [0, 0.05) is 34.5 Å². The van der Waals surface area contributed by atoms with Gasteiger partial charge in [-0.3, -0.25) is 4.68 Å². The van der Waals surface area contributed by atoms with Gasteiger partial charge in [-0.2, -0.15) is 17.2 Å². The Bertz CT molecular complexity index is 2310. The number of rotatable bonds is 9. The van der Waals surface area contributed by atoms with Gasteiger partial charge in [0.1, 0.15) is 5.82 Å². The summed E-state index contributed by atoms with van der Waals surface area (Å²) in [6.07, 6.45) is 4.03. The molecule has 1 unspecified atom stereocenters. The van der Waals surface area contributed by atoms with Crippen LogP contribution in [0.5, 0.6) is 11.5 Å². The third-order valence-electron chi connectivity index (χ3n) is 9.96. The smallest absolute Gasteiger partial charge is 0.509 e. The fourth-order valence-corrected chi connectivity index (χ4v) is 6.80. The fourth-order valence-electron chi connectivity index (χ4n) is 6.80. The quantitative estimate of drug-likeness (QED) is 0.136. The number of benzene rings is 4. The molecule has 0 radical (unpaired) electrons. The van der Waals surface area contributed by atoms with Gasteiger partial charge in [-0.05, 0) is 89.9 Å². The van der Waals surface area contributed by atoms with Crippen molar-refractivity contribution in [3.63, 3.8) is 0 Å². The molecule has 0 spiro atoms. The van der Waals surface area contributed by atoms with E-state index < -0.39 is 0 Å². The van der Waals surface area contributed by atoms with Crippen LogP contribution in [-0.4, -0.2) is 19.3 Å². The van der Waals surface area contributed by atoms with Crippen molar-refractivity contribution >= 4 is 21.8 Å². The molecule has 0 fully saturated rings. The minimum atomic E-state index is 0. The molecule has 0 saturated carbocycles. The third-order valence-corrected chi connectivity index (χ3v) is 9.96. The molecule has 6 heteroatoms. The zero-order valence-electron chi connectivity index (χ0n) is 30.8. The summed E-state index contributed by atoms with van der Waals surface area (Å²) >= 11 is 0.